The minimum atomic E-state index is -3.56. The third kappa shape index (κ3) is 3.36. The van der Waals surface area contributed by atoms with E-state index in [1.807, 2.05) is 30.3 Å². The van der Waals surface area contributed by atoms with Crippen molar-refractivity contribution in [2.45, 2.75) is 11.8 Å². The van der Waals surface area contributed by atoms with Gasteiger partial charge in [0.2, 0.25) is 10.0 Å². The minimum Gasteiger partial charge on any atom is -0.395 e. The number of nitrogens with zero attached hydrogens (tertiary/aromatic N) is 4. The van der Waals surface area contributed by atoms with E-state index in [1.54, 1.807) is 17.8 Å². The van der Waals surface area contributed by atoms with Crippen LogP contribution in [0, 0.1) is 6.92 Å². The van der Waals surface area contributed by atoms with Crippen LogP contribution in [0.15, 0.2) is 41.4 Å². The Bertz CT molecular complexity index is 781. The topological polar surface area (TPSA) is 78.7 Å². The van der Waals surface area contributed by atoms with Crippen LogP contribution in [0.5, 0.6) is 0 Å². The number of hydrogen-bond donors (Lipinski definition) is 1. The summed E-state index contributed by atoms with van der Waals surface area (Å²) in [7, 11) is -3.56. The van der Waals surface area contributed by atoms with Crippen LogP contribution >= 0.6 is 0 Å². The monoisotopic (exact) mass is 350 g/mol. The normalized spacial score (nSPS) is 17.2. The van der Waals surface area contributed by atoms with Gasteiger partial charge in [-0.3, -0.25) is 4.90 Å². The number of piperazine rings is 1. The molecule has 0 radical (unpaired) electrons. The maximum Gasteiger partial charge on any atom is 0.246 e. The third-order valence-electron chi connectivity index (χ3n) is 4.24. The van der Waals surface area contributed by atoms with Crippen LogP contribution in [-0.4, -0.2) is 71.8 Å². The zero-order valence-corrected chi connectivity index (χ0v) is 14.5. The Hall–Kier alpha value is -1.74. The summed E-state index contributed by atoms with van der Waals surface area (Å²) >= 11 is 0. The fourth-order valence-electron chi connectivity index (χ4n) is 2.88. The molecule has 1 saturated heterocycles. The molecule has 2 aromatic rings. The predicted molar refractivity (Wildman–Crippen MR) is 90.6 cm³/mol. The molecule has 130 valence electrons. The van der Waals surface area contributed by atoms with Crippen LogP contribution in [0.2, 0.25) is 0 Å². The zero-order valence-electron chi connectivity index (χ0n) is 13.7. The van der Waals surface area contributed by atoms with Crippen LogP contribution in [0.25, 0.3) is 5.69 Å². The summed E-state index contributed by atoms with van der Waals surface area (Å²) < 4.78 is 28.9. The van der Waals surface area contributed by atoms with Gasteiger partial charge in [-0.15, -0.1) is 0 Å². The van der Waals surface area contributed by atoms with Crippen LogP contribution in [0.3, 0.4) is 0 Å². The Labute approximate surface area is 142 Å². The van der Waals surface area contributed by atoms with Crippen molar-refractivity contribution in [3.63, 3.8) is 0 Å². The summed E-state index contributed by atoms with van der Waals surface area (Å²) in [6.07, 6.45) is 1.58. The molecule has 3 rings (SSSR count). The highest BCUT2D eigenvalue weighted by molar-refractivity contribution is 7.89. The number of rotatable bonds is 5. The maximum absolute atomic E-state index is 12.9. The molecule has 2 heterocycles. The first-order chi connectivity index (χ1) is 11.5. The van der Waals surface area contributed by atoms with Gasteiger partial charge in [0.05, 0.1) is 24.2 Å². The lowest BCUT2D eigenvalue weighted by atomic mass is 10.3. The van der Waals surface area contributed by atoms with E-state index in [2.05, 4.69) is 10.00 Å². The molecule has 1 aliphatic rings. The number of aromatic nitrogens is 2. The Kier molecular flexibility index (Phi) is 5.00. The van der Waals surface area contributed by atoms with Gasteiger partial charge in [0, 0.05) is 32.7 Å². The molecule has 0 bridgehead atoms. The highest BCUT2D eigenvalue weighted by atomic mass is 32.2. The average molecular weight is 350 g/mol. The molecule has 1 fully saturated rings. The van der Waals surface area contributed by atoms with Crippen molar-refractivity contribution in [3.05, 3.63) is 42.2 Å². The molecule has 0 spiro atoms. The van der Waals surface area contributed by atoms with Crippen molar-refractivity contribution in [1.82, 2.24) is 19.0 Å². The summed E-state index contributed by atoms with van der Waals surface area (Å²) in [5, 5.41) is 13.3. The second-order valence-corrected chi connectivity index (χ2v) is 7.73. The zero-order chi connectivity index (χ0) is 17.2. The van der Waals surface area contributed by atoms with Gasteiger partial charge in [-0.05, 0) is 19.1 Å². The fraction of sp³-hybridized carbons (Fsp3) is 0.438. The summed E-state index contributed by atoms with van der Waals surface area (Å²) in [6, 6.07) is 9.46. The fourth-order valence-corrected chi connectivity index (χ4v) is 4.45. The van der Waals surface area contributed by atoms with E-state index in [0.29, 0.717) is 38.4 Å². The largest absolute Gasteiger partial charge is 0.395 e. The van der Waals surface area contributed by atoms with Crippen LogP contribution < -0.4 is 0 Å². The Balaban J connectivity index is 1.82. The van der Waals surface area contributed by atoms with Crippen molar-refractivity contribution in [2.24, 2.45) is 0 Å². The Morgan fingerprint density at radius 3 is 2.42 bits per heavy atom. The van der Waals surface area contributed by atoms with Crippen LogP contribution in [-0.2, 0) is 10.0 Å². The smallest absolute Gasteiger partial charge is 0.246 e. The van der Waals surface area contributed by atoms with Crippen LogP contribution in [0.4, 0.5) is 0 Å². The lowest BCUT2D eigenvalue weighted by molar-refractivity contribution is 0.151. The first-order valence-corrected chi connectivity index (χ1v) is 9.41. The highest BCUT2D eigenvalue weighted by Gasteiger charge is 2.31. The number of sulfonamides is 1. The van der Waals surface area contributed by atoms with Gasteiger partial charge in [0.25, 0.3) is 0 Å². The maximum atomic E-state index is 12.9. The molecule has 1 aliphatic heterocycles. The Morgan fingerprint density at radius 2 is 1.79 bits per heavy atom. The molecular weight excluding hydrogens is 328 g/mol. The number of aliphatic hydroxyl groups excluding tert-OH is 1. The second-order valence-electron chi connectivity index (χ2n) is 5.83. The van der Waals surface area contributed by atoms with Gasteiger partial charge in [0.1, 0.15) is 4.90 Å². The molecule has 8 heteroatoms. The molecule has 0 aliphatic carbocycles. The van der Waals surface area contributed by atoms with Crippen molar-refractivity contribution in [1.29, 1.82) is 0 Å². The first-order valence-electron chi connectivity index (χ1n) is 7.97. The van der Waals surface area contributed by atoms with Gasteiger partial charge < -0.3 is 5.11 Å². The van der Waals surface area contributed by atoms with Crippen molar-refractivity contribution in [2.75, 3.05) is 39.3 Å². The summed E-state index contributed by atoms with van der Waals surface area (Å²) in [5.41, 5.74) is 1.33. The second kappa shape index (κ2) is 7.02. The number of benzene rings is 1. The summed E-state index contributed by atoms with van der Waals surface area (Å²) in [6.45, 7) is 4.51. The Morgan fingerprint density at radius 1 is 1.12 bits per heavy atom. The van der Waals surface area contributed by atoms with Crippen LogP contribution in [0.1, 0.15) is 5.69 Å². The van der Waals surface area contributed by atoms with Gasteiger partial charge in [-0.1, -0.05) is 18.2 Å². The van der Waals surface area contributed by atoms with Crippen molar-refractivity contribution >= 4 is 10.0 Å². The van der Waals surface area contributed by atoms with Gasteiger partial charge in [0.15, 0.2) is 0 Å². The van der Waals surface area contributed by atoms with E-state index in [0.717, 1.165) is 5.69 Å². The number of aryl methyl sites for hydroxylation is 1. The van der Waals surface area contributed by atoms with E-state index in [9.17, 15) is 8.42 Å². The molecule has 1 aromatic carbocycles. The SMILES string of the molecule is Cc1nn(-c2ccccc2)cc1S(=O)(=O)N1CCN(CCO)CC1. The predicted octanol–water partition coefficient (Wildman–Crippen LogP) is 0.479. The van der Waals surface area contributed by atoms with E-state index in [1.165, 1.54) is 4.31 Å². The quantitative estimate of drug-likeness (QED) is 0.849. The molecule has 1 aromatic heterocycles. The van der Waals surface area contributed by atoms with E-state index in [-0.39, 0.29) is 11.5 Å². The molecule has 0 atom stereocenters. The molecule has 7 nitrogen and oxygen atoms in total. The van der Waals surface area contributed by atoms with E-state index in [4.69, 9.17) is 5.11 Å². The number of hydrogen-bond acceptors (Lipinski definition) is 5. The number of aliphatic hydroxyl groups is 1. The number of para-hydroxylation sites is 1. The van der Waals surface area contributed by atoms with Crippen molar-refractivity contribution < 1.29 is 13.5 Å². The molecule has 0 unspecified atom stereocenters. The van der Waals surface area contributed by atoms with Crippen molar-refractivity contribution in [3.8, 4) is 5.69 Å². The molecule has 0 amide bonds. The molecule has 0 saturated carbocycles. The summed E-state index contributed by atoms with van der Waals surface area (Å²) in [5.74, 6) is 0. The lowest BCUT2D eigenvalue weighted by Gasteiger charge is -2.33. The van der Waals surface area contributed by atoms with Gasteiger partial charge in [-0.25, -0.2) is 13.1 Å². The summed E-state index contributed by atoms with van der Waals surface area (Å²) in [4.78, 5) is 2.31. The lowest BCUT2D eigenvalue weighted by Crippen LogP contribution is -2.49. The standard InChI is InChI=1S/C16H22N4O3S/c1-14-16(13-20(17-14)15-5-3-2-4-6-15)24(22,23)19-9-7-18(8-10-19)11-12-21/h2-6,13,21H,7-12H2,1H3. The number of β-amino-alcohol motifs (C(OH)–C–C–N with tert-alkyl or cyclic N) is 1. The average Bonchev–Trinajstić information content (AvgIpc) is 2.99. The first kappa shape index (κ1) is 17.1. The highest BCUT2D eigenvalue weighted by Crippen LogP contribution is 2.22. The van der Waals surface area contributed by atoms with Gasteiger partial charge in [-0.2, -0.15) is 9.40 Å². The third-order valence-corrected chi connectivity index (χ3v) is 6.24. The van der Waals surface area contributed by atoms with E-state index >= 15 is 0 Å². The molecule has 24 heavy (non-hydrogen) atoms. The molecular formula is C16H22N4O3S. The minimum absolute atomic E-state index is 0.0930. The molecule has 1 N–H and O–H groups in total. The van der Waals surface area contributed by atoms with E-state index < -0.39 is 10.0 Å². The van der Waals surface area contributed by atoms with Gasteiger partial charge >= 0.3 is 0 Å².